The smallest absolute Gasteiger partial charge is 0.282 e. The monoisotopic (exact) mass is 452 g/mol. The van der Waals surface area contributed by atoms with Crippen LogP contribution in [0, 0.1) is 5.82 Å². The highest BCUT2D eigenvalue weighted by Gasteiger charge is 2.26. The highest BCUT2D eigenvalue weighted by molar-refractivity contribution is 7.22. The number of amides is 1. The van der Waals surface area contributed by atoms with Crippen LogP contribution < -0.4 is 4.90 Å². The zero-order valence-electron chi connectivity index (χ0n) is 17.2. The van der Waals surface area contributed by atoms with Gasteiger partial charge in [0.1, 0.15) is 11.3 Å². The van der Waals surface area contributed by atoms with Crippen LogP contribution in [0.1, 0.15) is 10.5 Å². The van der Waals surface area contributed by atoms with E-state index < -0.39 is 5.82 Å². The number of hydrogen-bond acceptors (Lipinski definition) is 7. The first-order valence-electron chi connectivity index (χ1n) is 10.4. The fourth-order valence-electron chi connectivity index (χ4n) is 3.62. The van der Waals surface area contributed by atoms with Crippen LogP contribution in [0.15, 0.2) is 59.1 Å². The molecule has 1 fully saturated rings. The number of rotatable bonds is 6. The van der Waals surface area contributed by atoms with Crippen LogP contribution in [-0.4, -0.2) is 60.3 Å². The number of hydrogen-bond donors (Lipinski definition) is 0. The Balaban J connectivity index is 1.45. The molecule has 1 amide bonds. The van der Waals surface area contributed by atoms with Crippen LogP contribution in [-0.2, 0) is 4.74 Å². The van der Waals surface area contributed by atoms with Crippen molar-refractivity contribution in [3.63, 3.8) is 0 Å². The fraction of sp³-hybridized carbons (Fsp3) is 0.261. The normalized spacial score (nSPS) is 14.7. The van der Waals surface area contributed by atoms with Gasteiger partial charge in [0.25, 0.3) is 5.91 Å². The van der Waals surface area contributed by atoms with Gasteiger partial charge in [-0.2, -0.15) is 0 Å². The second-order valence-electron chi connectivity index (χ2n) is 7.44. The fourth-order valence-corrected chi connectivity index (χ4v) is 4.63. The van der Waals surface area contributed by atoms with Gasteiger partial charge in [0.15, 0.2) is 16.6 Å². The van der Waals surface area contributed by atoms with Gasteiger partial charge >= 0.3 is 0 Å². The highest BCUT2D eigenvalue weighted by Crippen LogP contribution is 2.31. The topological polar surface area (TPSA) is 71.7 Å². The van der Waals surface area contributed by atoms with Gasteiger partial charge in [0, 0.05) is 37.8 Å². The van der Waals surface area contributed by atoms with Gasteiger partial charge in [-0.1, -0.05) is 52.9 Å². The van der Waals surface area contributed by atoms with E-state index in [1.54, 1.807) is 23.1 Å². The Kier molecular flexibility index (Phi) is 5.93. The highest BCUT2D eigenvalue weighted by atomic mass is 32.1. The van der Waals surface area contributed by atoms with Crippen LogP contribution in [0.5, 0.6) is 0 Å². The van der Waals surface area contributed by atoms with Crippen molar-refractivity contribution >= 4 is 32.6 Å². The maximum absolute atomic E-state index is 14.2. The summed E-state index contributed by atoms with van der Waals surface area (Å²) in [5.41, 5.74) is 1.29. The summed E-state index contributed by atoms with van der Waals surface area (Å²) >= 11 is 1.28. The maximum Gasteiger partial charge on any atom is 0.282 e. The van der Waals surface area contributed by atoms with Crippen molar-refractivity contribution < 1.29 is 18.4 Å². The summed E-state index contributed by atoms with van der Waals surface area (Å²) in [7, 11) is 0. The van der Waals surface area contributed by atoms with Crippen molar-refractivity contribution in [2.75, 3.05) is 44.3 Å². The van der Waals surface area contributed by atoms with Crippen molar-refractivity contribution in [2.24, 2.45) is 0 Å². The molecule has 32 heavy (non-hydrogen) atoms. The minimum atomic E-state index is -0.404. The van der Waals surface area contributed by atoms with Crippen LogP contribution in [0.25, 0.3) is 21.5 Å². The Bertz CT molecular complexity index is 1220. The Hall–Kier alpha value is -3.14. The molecule has 0 N–H and O–H groups in total. The summed E-state index contributed by atoms with van der Waals surface area (Å²) in [4.78, 5) is 21.7. The Labute approximate surface area is 188 Å². The molecule has 1 saturated heterocycles. The second kappa shape index (κ2) is 9.15. The Morgan fingerprint density at radius 2 is 1.94 bits per heavy atom. The molecule has 0 atom stereocenters. The van der Waals surface area contributed by atoms with Crippen molar-refractivity contribution in [3.8, 4) is 11.3 Å². The number of ether oxygens (including phenoxy) is 1. The van der Waals surface area contributed by atoms with Crippen LogP contribution in [0.3, 0.4) is 0 Å². The molecule has 2 aromatic carbocycles. The van der Waals surface area contributed by atoms with E-state index in [1.807, 2.05) is 30.3 Å². The summed E-state index contributed by atoms with van der Waals surface area (Å²) in [6.45, 7) is 4.00. The van der Waals surface area contributed by atoms with Gasteiger partial charge in [-0.3, -0.25) is 14.6 Å². The molecule has 9 heteroatoms. The van der Waals surface area contributed by atoms with Gasteiger partial charge in [0.2, 0.25) is 0 Å². The molecule has 2 aromatic heterocycles. The molecule has 0 bridgehead atoms. The maximum atomic E-state index is 14.2. The Morgan fingerprint density at radius 3 is 2.72 bits per heavy atom. The first-order chi connectivity index (χ1) is 15.7. The van der Waals surface area contributed by atoms with Crippen molar-refractivity contribution in [1.82, 2.24) is 15.0 Å². The molecule has 0 radical (unpaired) electrons. The predicted molar refractivity (Wildman–Crippen MR) is 120 cm³/mol. The predicted octanol–water partition coefficient (Wildman–Crippen LogP) is 4.07. The number of carbonyl (C=O) groups excluding carboxylic acids is 1. The SMILES string of the molecule is O=C(c1cc(-c2ccccc2)on1)N(CCN1CCOCC1)c1nc2c(F)cccc2s1. The summed E-state index contributed by atoms with van der Waals surface area (Å²) in [5.74, 6) is -0.223. The van der Waals surface area contributed by atoms with E-state index in [9.17, 15) is 9.18 Å². The van der Waals surface area contributed by atoms with Gasteiger partial charge < -0.3 is 9.26 Å². The summed E-state index contributed by atoms with van der Waals surface area (Å²) in [6, 6.07) is 15.9. The minimum absolute atomic E-state index is 0.186. The Morgan fingerprint density at radius 1 is 1.12 bits per heavy atom. The lowest BCUT2D eigenvalue weighted by atomic mass is 10.1. The number of aromatic nitrogens is 2. The number of nitrogens with zero attached hydrogens (tertiary/aromatic N) is 4. The number of benzene rings is 2. The summed E-state index contributed by atoms with van der Waals surface area (Å²) in [5, 5.41) is 4.45. The van der Waals surface area contributed by atoms with E-state index in [1.165, 1.54) is 17.4 Å². The molecule has 3 heterocycles. The lowest BCUT2D eigenvalue weighted by Crippen LogP contribution is -2.43. The molecule has 7 nitrogen and oxygen atoms in total. The first-order valence-corrected chi connectivity index (χ1v) is 11.2. The second-order valence-corrected chi connectivity index (χ2v) is 8.45. The van der Waals surface area contributed by atoms with E-state index in [4.69, 9.17) is 9.26 Å². The molecule has 5 rings (SSSR count). The van der Waals surface area contributed by atoms with E-state index in [0.29, 0.717) is 41.9 Å². The zero-order valence-corrected chi connectivity index (χ0v) is 18.1. The molecule has 0 unspecified atom stereocenters. The molecular weight excluding hydrogens is 431 g/mol. The third-order valence-electron chi connectivity index (χ3n) is 5.37. The number of carbonyl (C=O) groups is 1. The van der Waals surface area contributed by atoms with E-state index >= 15 is 0 Å². The van der Waals surface area contributed by atoms with Crippen molar-refractivity contribution in [1.29, 1.82) is 0 Å². The molecule has 0 aliphatic carbocycles. The number of morpholine rings is 1. The van der Waals surface area contributed by atoms with Gasteiger partial charge in [-0.25, -0.2) is 9.37 Å². The number of thiazole rings is 1. The molecule has 4 aromatic rings. The van der Waals surface area contributed by atoms with Crippen molar-refractivity contribution in [2.45, 2.75) is 0 Å². The molecule has 0 spiro atoms. The molecular formula is C23H21FN4O3S. The van der Waals surface area contributed by atoms with Crippen LogP contribution in [0.2, 0.25) is 0 Å². The average Bonchev–Trinajstić information content (AvgIpc) is 3.49. The van der Waals surface area contributed by atoms with Gasteiger partial charge in [0.05, 0.1) is 17.9 Å². The molecule has 1 aliphatic heterocycles. The van der Waals surface area contributed by atoms with Crippen LogP contribution in [0.4, 0.5) is 9.52 Å². The number of halogens is 1. The zero-order chi connectivity index (χ0) is 21.9. The quantitative estimate of drug-likeness (QED) is 0.439. The minimum Gasteiger partial charge on any atom is -0.379 e. The van der Waals surface area contributed by atoms with E-state index in [-0.39, 0.29) is 17.1 Å². The van der Waals surface area contributed by atoms with E-state index in [2.05, 4.69) is 15.0 Å². The number of fused-ring (bicyclic) bond motifs is 1. The largest absolute Gasteiger partial charge is 0.379 e. The number of anilines is 1. The van der Waals surface area contributed by atoms with Gasteiger partial charge in [-0.05, 0) is 12.1 Å². The third-order valence-corrected chi connectivity index (χ3v) is 6.41. The first kappa shape index (κ1) is 20.7. The molecule has 164 valence electrons. The van der Waals surface area contributed by atoms with E-state index in [0.717, 1.165) is 18.7 Å². The van der Waals surface area contributed by atoms with Gasteiger partial charge in [-0.15, -0.1) is 0 Å². The lowest BCUT2D eigenvalue weighted by Gasteiger charge is -2.28. The van der Waals surface area contributed by atoms with Crippen molar-refractivity contribution in [3.05, 3.63) is 66.1 Å². The standard InChI is InChI=1S/C23H21FN4O3S/c24-17-7-4-8-20-21(17)25-23(32-20)28(10-9-27-11-13-30-14-12-27)22(29)18-15-19(31-26-18)16-5-2-1-3-6-16/h1-8,15H,9-14H2. The molecule has 1 aliphatic rings. The average molecular weight is 453 g/mol. The lowest BCUT2D eigenvalue weighted by molar-refractivity contribution is 0.0391. The summed E-state index contributed by atoms with van der Waals surface area (Å²) < 4.78 is 25.8. The summed E-state index contributed by atoms with van der Waals surface area (Å²) in [6.07, 6.45) is 0. The third kappa shape index (κ3) is 4.27. The van der Waals surface area contributed by atoms with Crippen LogP contribution >= 0.6 is 11.3 Å². The molecule has 0 saturated carbocycles. The number of para-hydroxylation sites is 1.